The van der Waals surface area contributed by atoms with Crippen molar-refractivity contribution >= 4 is 17.3 Å². The Morgan fingerprint density at radius 2 is 1.15 bits per heavy atom. The van der Waals surface area contributed by atoms with E-state index in [1.165, 1.54) is 72.8 Å². The van der Waals surface area contributed by atoms with Gasteiger partial charge in [0.1, 0.15) is 12.2 Å². The minimum absolute atomic E-state index is 0.00616. The maximum Gasteiger partial charge on any atom is 0.267 e. The van der Waals surface area contributed by atoms with Crippen LogP contribution in [0.2, 0.25) is 0 Å². The molecule has 3 aromatic rings. The molecule has 0 radical (unpaired) electrons. The molecule has 1 aliphatic heterocycles. The Balaban J connectivity index is 1.80. The van der Waals surface area contributed by atoms with Crippen molar-refractivity contribution in [2.75, 3.05) is 0 Å². The van der Waals surface area contributed by atoms with E-state index in [4.69, 9.17) is 4.74 Å². The largest absolute Gasteiger partial charge is 0.382 e. The zero-order valence-electron chi connectivity index (χ0n) is 17.7. The van der Waals surface area contributed by atoms with Crippen LogP contribution in [0.3, 0.4) is 0 Å². The lowest BCUT2D eigenvalue weighted by atomic mass is 9.79. The van der Waals surface area contributed by atoms with Gasteiger partial charge in [0.2, 0.25) is 12.0 Å². The van der Waals surface area contributed by atoms with Gasteiger partial charge in [-0.2, -0.15) is 0 Å². The van der Waals surface area contributed by atoms with Gasteiger partial charge in [-0.15, -0.1) is 0 Å². The van der Waals surface area contributed by atoms with Gasteiger partial charge in [0.05, 0.1) is 0 Å². The van der Waals surface area contributed by atoms with Gasteiger partial charge in [-0.3, -0.25) is 14.4 Å². The molecule has 4 rings (SSSR count). The van der Waals surface area contributed by atoms with Gasteiger partial charge in [0.15, 0.2) is 17.2 Å². The van der Waals surface area contributed by atoms with E-state index in [1.807, 2.05) is 0 Å². The number of halogens is 1. The van der Waals surface area contributed by atoms with E-state index in [0.717, 1.165) is 0 Å². The summed E-state index contributed by atoms with van der Waals surface area (Å²) in [5.74, 6) is -6.87. The monoisotopic (exact) mass is 464 g/mol. The minimum Gasteiger partial charge on any atom is -0.382 e. The lowest BCUT2D eigenvalue weighted by molar-refractivity contribution is -0.187. The Bertz CT molecular complexity index is 1200. The first-order valence-corrected chi connectivity index (χ1v) is 10.4. The summed E-state index contributed by atoms with van der Waals surface area (Å²) in [5.41, 5.74) is -3.60. The smallest absolute Gasteiger partial charge is 0.267 e. The molecule has 0 bridgehead atoms. The number of benzene rings is 3. The van der Waals surface area contributed by atoms with Gasteiger partial charge in [0, 0.05) is 16.7 Å². The number of hydrogen-bond donors (Lipinski definition) is 3. The molecule has 8 heteroatoms. The number of hydrogen-bond acceptors (Lipinski definition) is 7. The SMILES string of the molecule is O=C(c1ccccc1)C(O)[C@H]1O[C@@](O)(C(=O)c2ccccc2)[C@@H](F)[C@@]1(O)C(=O)c1ccccc1. The molecular formula is C26H21FO7. The van der Waals surface area contributed by atoms with E-state index >= 15 is 4.39 Å². The number of alkyl halides is 1. The summed E-state index contributed by atoms with van der Waals surface area (Å²) >= 11 is 0. The highest BCUT2D eigenvalue weighted by Gasteiger charge is 2.72. The maximum absolute atomic E-state index is 15.9. The van der Waals surface area contributed by atoms with Gasteiger partial charge >= 0.3 is 0 Å². The van der Waals surface area contributed by atoms with Crippen molar-refractivity contribution in [1.29, 1.82) is 0 Å². The van der Waals surface area contributed by atoms with Gasteiger partial charge < -0.3 is 20.1 Å². The predicted molar refractivity (Wildman–Crippen MR) is 118 cm³/mol. The molecule has 7 nitrogen and oxygen atoms in total. The second-order valence-corrected chi connectivity index (χ2v) is 7.99. The Morgan fingerprint density at radius 3 is 1.62 bits per heavy atom. The topological polar surface area (TPSA) is 121 Å². The molecule has 1 aliphatic rings. The zero-order valence-corrected chi connectivity index (χ0v) is 17.7. The average molecular weight is 464 g/mol. The first-order valence-electron chi connectivity index (χ1n) is 10.4. The third-order valence-electron chi connectivity index (χ3n) is 5.85. The molecule has 1 saturated heterocycles. The Hall–Kier alpha value is -3.56. The molecule has 34 heavy (non-hydrogen) atoms. The maximum atomic E-state index is 15.9. The Morgan fingerprint density at radius 1 is 0.735 bits per heavy atom. The van der Waals surface area contributed by atoms with Crippen LogP contribution in [0.25, 0.3) is 0 Å². The van der Waals surface area contributed by atoms with E-state index in [-0.39, 0.29) is 16.7 Å². The molecule has 0 saturated carbocycles. The fraction of sp³-hybridized carbons (Fsp3) is 0.192. The molecule has 3 N–H and O–H groups in total. The fourth-order valence-electron chi connectivity index (χ4n) is 4.03. The molecule has 174 valence electrons. The van der Waals surface area contributed by atoms with E-state index in [0.29, 0.717) is 0 Å². The van der Waals surface area contributed by atoms with Crippen molar-refractivity contribution < 1.29 is 38.8 Å². The van der Waals surface area contributed by atoms with Crippen LogP contribution in [-0.2, 0) is 4.74 Å². The number of aliphatic hydroxyl groups excluding tert-OH is 1. The molecule has 1 fully saturated rings. The third-order valence-corrected chi connectivity index (χ3v) is 5.85. The number of aliphatic hydroxyl groups is 3. The summed E-state index contributed by atoms with van der Waals surface area (Å²) in [6, 6.07) is 21.5. The lowest BCUT2D eigenvalue weighted by Gasteiger charge is -2.30. The lowest BCUT2D eigenvalue weighted by Crippen LogP contribution is -2.59. The number of ether oxygens (including phenoxy) is 1. The number of ketones is 3. The van der Waals surface area contributed by atoms with Crippen LogP contribution in [-0.4, -0.2) is 62.4 Å². The molecule has 0 aliphatic carbocycles. The van der Waals surface area contributed by atoms with Crippen molar-refractivity contribution in [1.82, 2.24) is 0 Å². The summed E-state index contributed by atoms with van der Waals surface area (Å²) in [4.78, 5) is 39.2. The number of carbonyl (C=O) groups is 3. The quantitative estimate of drug-likeness (QED) is 0.458. The minimum atomic E-state index is -3.34. The van der Waals surface area contributed by atoms with E-state index < -0.39 is 47.1 Å². The second kappa shape index (κ2) is 9.00. The molecule has 0 spiro atoms. The van der Waals surface area contributed by atoms with Crippen LogP contribution in [0, 0.1) is 0 Å². The molecule has 1 heterocycles. The predicted octanol–water partition coefficient (Wildman–Crippen LogP) is 2.15. The zero-order chi connectivity index (χ0) is 24.5. The van der Waals surface area contributed by atoms with E-state index in [2.05, 4.69) is 0 Å². The molecule has 1 unspecified atom stereocenters. The van der Waals surface area contributed by atoms with Crippen molar-refractivity contribution in [3.8, 4) is 0 Å². The number of rotatable bonds is 7. The Kier molecular flexibility index (Phi) is 6.24. The first-order chi connectivity index (χ1) is 16.2. The van der Waals surface area contributed by atoms with Crippen molar-refractivity contribution in [2.45, 2.75) is 29.8 Å². The third kappa shape index (κ3) is 3.76. The van der Waals surface area contributed by atoms with Crippen LogP contribution >= 0.6 is 0 Å². The second-order valence-electron chi connectivity index (χ2n) is 7.99. The van der Waals surface area contributed by atoms with Crippen molar-refractivity contribution in [3.63, 3.8) is 0 Å². The Labute approximate surface area is 194 Å². The summed E-state index contributed by atoms with van der Waals surface area (Å²) in [6.45, 7) is 0. The number of carbonyl (C=O) groups excluding carboxylic acids is 3. The first kappa shape index (κ1) is 23.6. The van der Waals surface area contributed by atoms with E-state index in [1.54, 1.807) is 18.2 Å². The summed E-state index contributed by atoms with van der Waals surface area (Å²) in [5, 5.41) is 33.2. The van der Waals surface area contributed by atoms with Crippen molar-refractivity contribution in [2.24, 2.45) is 0 Å². The molecule has 0 amide bonds. The van der Waals surface area contributed by atoms with Crippen LogP contribution in [0.1, 0.15) is 31.1 Å². The highest BCUT2D eigenvalue weighted by atomic mass is 19.1. The van der Waals surface area contributed by atoms with Gasteiger partial charge in [-0.05, 0) is 0 Å². The summed E-state index contributed by atoms with van der Waals surface area (Å²) in [7, 11) is 0. The average Bonchev–Trinajstić information content (AvgIpc) is 3.11. The van der Waals surface area contributed by atoms with E-state index in [9.17, 15) is 29.7 Å². The fourth-order valence-corrected chi connectivity index (χ4v) is 4.03. The van der Waals surface area contributed by atoms with Gasteiger partial charge in [-0.25, -0.2) is 4.39 Å². The van der Waals surface area contributed by atoms with Gasteiger partial charge in [0.25, 0.3) is 5.79 Å². The molecule has 0 aromatic heterocycles. The molecule has 5 atom stereocenters. The van der Waals surface area contributed by atoms with Crippen LogP contribution < -0.4 is 0 Å². The van der Waals surface area contributed by atoms with Crippen molar-refractivity contribution in [3.05, 3.63) is 108 Å². The molecular weight excluding hydrogens is 443 g/mol. The molecule has 3 aromatic carbocycles. The highest BCUT2D eigenvalue weighted by molar-refractivity contribution is 6.08. The normalized spacial score (nSPS) is 27.2. The van der Waals surface area contributed by atoms with Gasteiger partial charge in [-0.1, -0.05) is 91.0 Å². The standard InChI is InChI=1S/C26H21FO7/c27-24-25(32,21(30)17-12-6-2-7-13-17)23(20(29)19(28)16-10-4-1-5-11-16)34-26(24,33)22(31)18-14-8-3-9-15-18/h1-15,20,23-24,29,32-33H/t20?,23-,24+,25-,26+/m1/s1. The summed E-state index contributed by atoms with van der Waals surface area (Å²) in [6.07, 6.45) is -7.60. The van der Waals surface area contributed by atoms with Crippen LogP contribution in [0.15, 0.2) is 91.0 Å². The highest BCUT2D eigenvalue weighted by Crippen LogP contribution is 2.44. The van der Waals surface area contributed by atoms with Crippen LogP contribution in [0.5, 0.6) is 0 Å². The van der Waals surface area contributed by atoms with Crippen LogP contribution in [0.4, 0.5) is 4.39 Å². The number of Topliss-reactive ketones (excluding diaryl/α,β-unsaturated/α-hetero) is 3. The summed E-state index contributed by atoms with van der Waals surface area (Å²) < 4.78 is 21.1.